The first-order chi connectivity index (χ1) is 12.2. The molecule has 0 atom stereocenters. The fourth-order valence-electron chi connectivity index (χ4n) is 2.77. The van der Waals surface area contributed by atoms with Gasteiger partial charge in [0.25, 0.3) is 5.89 Å². The maximum Gasteiger partial charge on any atom is 0.251 e. The lowest BCUT2D eigenvalue weighted by Crippen LogP contribution is -2.50. The highest BCUT2D eigenvalue weighted by atomic mass is 16.5. The number of pyridine rings is 1. The van der Waals surface area contributed by atoms with Gasteiger partial charge in [0.1, 0.15) is 12.4 Å². The van der Waals surface area contributed by atoms with Crippen LogP contribution in [0.25, 0.3) is 11.5 Å². The van der Waals surface area contributed by atoms with E-state index in [1.54, 1.807) is 6.20 Å². The molecule has 0 radical (unpaired) electrons. The van der Waals surface area contributed by atoms with Crippen LogP contribution in [0.3, 0.4) is 0 Å². The van der Waals surface area contributed by atoms with E-state index in [9.17, 15) is 4.79 Å². The number of nitrogens with zero attached hydrogens (tertiary/aromatic N) is 5. The highest BCUT2D eigenvalue weighted by Gasteiger charge is 2.24. The number of aromatic nitrogens is 3. The quantitative estimate of drug-likeness (QED) is 0.782. The maximum absolute atomic E-state index is 12.1. The molecule has 2 aromatic rings. The molecule has 8 nitrogen and oxygen atoms in total. The van der Waals surface area contributed by atoms with Crippen molar-refractivity contribution in [3.63, 3.8) is 0 Å². The van der Waals surface area contributed by atoms with Gasteiger partial charge in [0.2, 0.25) is 11.8 Å². The lowest BCUT2D eigenvalue weighted by Gasteiger charge is -2.35. The zero-order chi connectivity index (χ0) is 17.6. The summed E-state index contributed by atoms with van der Waals surface area (Å²) in [4.78, 5) is 20.5. The van der Waals surface area contributed by atoms with E-state index in [1.165, 1.54) is 0 Å². The van der Waals surface area contributed by atoms with Crippen molar-refractivity contribution in [2.45, 2.75) is 20.3 Å². The number of carbonyl (C=O) groups is 1. The van der Waals surface area contributed by atoms with Crippen molar-refractivity contribution in [2.75, 3.05) is 44.3 Å². The Morgan fingerprint density at radius 3 is 2.72 bits per heavy atom. The molecule has 0 bridgehead atoms. The van der Waals surface area contributed by atoms with Crippen LogP contribution in [0.2, 0.25) is 0 Å². The molecule has 0 unspecified atom stereocenters. The lowest BCUT2D eigenvalue weighted by molar-refractivity contribution is -0.136. The Morgan fingerprint density at radius 2 is 2.04 bits per heavy atom. The van der Waals surface area contributed by atoms with Gasteiger partial charge in [0.05, 0.1) is 5.56 Å². The van der Waals surface area contributed by atoms with Crippen molar-refractivity contribution < 1.29 is 13.9 Å². The predicted molar refractivity (Wildman–Crippen MR) is 92.2 cm³/mol. The standard InChI is InChI=1S/C17H23N5O3/c1-3-14-19-20-17(25-14)13-6-5-7-18-16(13)22-10-8-21(9-11-22)15(23)12-24-4-2/h5-7H,3-4,8-12H2,1-2H3. The molecule has 1 fully saturated rings. The Bertz CT molecular complexity index is 710. The molecule has 1 aliphatic rings. The summed E-state index contributed by atoms with van der Waals surface area (Å²) in [5.41, 5.74) is 0.823. The van der Waals surface area contributed by atoms with Crippen molar-refractivity contribution in [3.05, 3.63) is 24.2 Å². The minimum absolute atomic E-state index is 0.0345. The molecule has 2 aromatic heterocycles. The largest absolute Gasteiger partial charge is 0.421 e. The van der Waals surface area contributed by atoms with Crippen LogP contribution in [-0.2, 0) is 16.0 Å². The van der Waals surface area contributed by atoms with Crippen molar-refractivity contribution >= 4 is 11.7 Å². The number of aryl methyl sites for hydroxylation is 1. The van der Waals surface area contributed by atoms with Crippen LogP contribution in [0, 0.1) is 0 Å². The summed E-state index contributed by atoms with van der Waals surface area (Å²) >= 11 is 0. The first-order valence-corrected chi connectivity index (χ1v) is 8.61. The van der Waals surface area contributed by atoms with Crippen molar-refractivity contribution in [1.29, 1.82) is 0 Å². The van der Waals surface area contributed by atoms with Gasteiger partial charge in [-0.05, 0) is 19.1 Å². The number of hydrogen-bond acceptors (Lipinski definition) is 7. The molecule has 3 heterocycles. The average Bonchev–Trinajstić information content (AvgIpc) is 3.15. The molecular weight excluding hydrogens is 322 g/mol. The smallest absolute Gasteiger partial charge is 0.251 e. The SMILES string of the molecule is CCOCC(=O)N1CCN(c2ncccc2-c2nnc(CC)o2)CC1. The van der Waals surface area contributed by atoms with E-state index in [-0.39, 0.29) is 12.5 Å². The topological polar surface area (TPSA) is 84.6 Å². The van der Waals surface area contributed by atoms with Gasteiger partial charge < -0.3 is 19.0 Å². The molecule has 3 rings (SSSR count). The Kier molecular flexibility index (Phi) is 5.60. The monoisotopic (exact) mass is 345 g/mol. The summed E-state index contributed by atoms with van der Waals surface area (Å²) in [6, 6.07) is 3.79. The van der Waals surface area contributed by atoms with E-state index in [0.717, 1.165) is 11.4 Å². The highest BCUT2D eigenvalue weighted by molar-refractivity contribution is 5.78. The van der Waals surface area contributed by atoms with E-state index in [4.69, 9.17) is 9.15 Å². The molecule has 134 valence electrons. The van der Waals surface area contributed by atoms with Gasteiger partial charge >= 0.3 is 0 Å². The number of ether oxygens (including phenoxy) is 1. The van der Waals surface area contributed by atoms with Crippen molar-refractivity contribution in [2.24, 2.45) is 0 Å². The zero-order valence-electron chi connectivity index (χ0n) is 14.6. The molecule has 25 heavy (non-hydrogen) atoms. The van der Waals surface area contributed by atoms with E-state index >= 15 is 0 Å². The van der Waals surface area contributed by atoms with Gasteiger partial charge in [-0.1, -0.05) is 6.92 Å². The van der Waals surface area contributed by atoms with E-state index in [0.29, 0.717) is 51.0 Å². The summed E-state index contributed by atoms with van der Waals surface area (Å²) in [5, 5.41) is 8.16. The maximum atomic E-state index is 12.1. The van der Waals surface area contributed by atoms with Gasteiger partial charge in [-0.25, -0.2) is 4.98 Å². The summed E-state index contributed by atoms with van der Waals surface area (Å²) < 4.78 is 10.9. The second-order valence-corrected chi connectivity index (χ2v) is 5.73. The summed E-state index contributed by atoms with van der Waals surface area (Å²) in [5.74, 6) is 1.93. The Balaban J connectivity index is 1.70. The summed E-state index contributed by atoms with van der Waals surface area (Å²) in [6.45, 7) is 7.25. The molecule has 1 saturated heterocycles. The molecule has 0 aromatic carbocycles. The van der Waals surface area contributed by atoms with Gasteiger partial charge in [-0.15, -0.1) is 10.2 Å². The Morgan fingerprint density at radius 1 is 1.24 bits per heavy atom. The van der Waals surface area contributed by atoms with Crippen LogP contribution in [0.5, 0.6) is 0 Å². The molecule has 8 heteroatoms. The van der Waals surface area contributed by atoms with Crippen molar-refractivity contribution in [1.82, 2.24) is 20.1 Å². The molecular formula is C17H23N5O3. The van der Waals surface area contributed by atoms with E-state index < -0.39 is 0 Å². The summed E-state index contributed by atoms with van der Waals surface area (Å²) in [7, 11) is 0. The number of hydrogen-bond donors (Lipinski definition) is 0. The lowest BCUT2D eigenvalue weighted by atomic mass is 10.2. The van der Waals surface area contributed by atoms with E-state index in [2.05, 4.69) is 20.1 Å². The first-order valence-electron chi connectivity index (χ1n) is 8.61. The van der Waals surface area contributed by atoms with E-state index in [1.807, 2.05) is 30.9 Å². The van der Waals surface area contributed by atoms with Crippen LogP contribution in [0.15, 0.2) is 22.7 Å². The first kappa shape index (κ1) is 17.3. The van der Waals surface area contributed by atoms with Crippen LogP contribution < -0.4 is 4.90 Å². The molecule has 1 amide bonds. The minimum atomic E-state index is 0.0345. The molecule has 0 N–H and O–H groups in total. The average molecular weight is 345 g/mol. The molecule has 0 spiro atoms. The van der Waals surface area contributed by atoms with Gasteiger partial charge in [0, 0.05) is 45.4 Å². The third-order valence-corrected chi connectivity index (χ3v) is 4.15. The summed E-state index contributed by atoms with van der Waals surface area (Å²) in [6.07, 6.45) is 2.45. The molecule has 0 aliphatic carbocycles. The van der Waals surface area contributed by atoms with Crippen molar-refractivity contribution in [3.8, 4) is 11.5 Å². The number of anilines is 1. The Labute approximate surface area is 146 Å². The molecule has 0 saturated carbocycles. The fourth-order valence-corrected chi connectivity index (χ4v) is 2.77. The normalized spacial score (nSPS) is 14.8. The molecule has 1 aliphatic heterocycles. The third-order valence-electron chi connectivity index (χ3n) is 4.15. The van der Waals surface area contributed by atoms with Crippen LogP contribution in [-0.4, -0.2) is 65.4 Å². The third kappa shape index (κ3) is 3.96. The number of rotatable bonds is 6. The zero-order valence-corrected chi connectivity index (χ0v) is 14.6. The van der Waals surface area contributed by atoms with Gasteiger partial charge in [0.15, 0.2) is 0 Å². The number of amides is 1. The number of carbonyl (C=O) groups excluding carboxylic acids is 1. The second kappa shape index (κ2) is 8.06. The second-order valence-electron chi connectivity index (χ2n) is 5.73. The fraction of sp³-hybridized carbons (Fsp3) is 0.529. The highest BCUT2D eigenvalue weighted by Crippen LogP contribution is 2.28. The predicted octanol–water partition coefficient (Wildman–Crippen LogP) is 1.38. The van der Waals surface area contributed by atoms with Crippen LogP contribution in [0.1, 0.15) is 19.7 Å². The van der Waals surface area contributed by atoms with Crippen LogP contribution in [0.4, 0.5) is 5.82 Å². The van der Waals surface area contributed by atoms with Crippen LogP contribution >= 0.6 is 0 Å². The Hall–Kier alpha value is -2.48. The van der Waals surface area contributed by atoms with Gasteiger partial charge in [-0.2, -0.15) is 0 Å². The van der Waals surface area contributed by atoms with Gasteiger partial charge in [-0.3, -0.25) is 4.79 Å². The minimum Gasteiger partial charge on any atom is -0.421 e. The number of piperazine rings is 1.